The van der Waals surface area contributed by atoms with Gasteiger partial charge in [-0.2, -0.15) is 0 Å². The maximum absolute atomic E-state index is 6.59. The molecule has 0 saturated carbocycles. The van der Waals surface area contributed by atoms with Crippen LogP contribution in [0.1, 0.15) is 0 Å². The Balaban J connectivity index is 1.09. The molecule has 0 unspecified atom stereocenters. The number of nitrogens with zero attached hydrogens (tertiary/aromatic N) is 1. The monoisotopic (exact) mass is 729 g/mol. The van der Waals surface area contributed by atoms with Crippen LogP contribution in [0.15, 0.2) is 168 Å². The van der Waals surface area contributed by atoms with Gasteiger partial charge in [-0.1, -0.05) is 103 Å². The third-order valence-electron chi connectivity index (χ3n) is 10.7. The van der Waals surface area contributed by atoms with E-state index in [1.807, 2.05) is 40.1 Å². The summed E-state index contributed by atoms with van der Waals surface area (Å²) in [5.74, 6) is 0. The molecule has 0 spiro atoms. The summed E-state index contributed by atoms with van der Waals surface area (Å²) in [7, 11) is 0. The highest BCUT2D eigenvalue weighted by molar-refractivity contribution is 7.27. The normalized spacial score (nSPS) is 12.2. The van der Waals surface area contributed by atoms with Crippen molar-refractivity contribution in [1.29, 1.82) is 0 Å². The molecule has 0 bridgehead atoms. The van der Waals surface area contributed by atoms with E-state index < -0.39 is 0 Å². The minimum atomic E-state index is 0.929. The van der Waals surface area contributed by atoms with Crippen molar-refractivity contribution in [2.75, 3.05) is 4.90 Å². The predicted octanol–water partition coefficient (Wildman–Crippen LogP) is 15.8. The molecule has 2 nitrogen and oxygen atoms in total. The van der Waals surface area contributed by atoms with Gasteiger partial charge in [0, 0.05) is 67.6 Å². The average molecular weight is 730 g/mol. The molecule has 0 fully saturated rings. The number of rotatable bonds is 4. The van der Waals surface area contributed by atoms with Crippen molar-refractivity contribution in [3.05, 3.63) is 164 Å². The summed E-state index contributed by atoms with van der Waals surface area (Å²) in [6.07, 6.45) is 0. The molecule has 0 aliphatic carbocycles. The molecule has 0 amide bonds. The molecule has 0 N–H and O–H groups in total. The van der Waals surface area contributed by atoms with E-state index >= 15 is 0 Å². The number of anilines is 3. The number of fused-ring (bicyclic) bond motifs is 13. The van der Waals surface area contributed by atoms with E-state index in [1.165, 1.54) is 88.4 Å². The van der Waals surface area contributed by atoms with Crippen LogP contribution in [-0.2, 0) is 0 Å². The van der Waals surface area contributed by atoms with E-state index in [-0.39, 0.29) is 0 Å². The molecule has 0 aliphatic heterocycles. The van der Waals surface area contributed by atoms with E-state index in [9.17, 15) is 0 Å². The quantitative estimate of drug-likeness (QED) is 0.179. The zero-order valence-corrected chi connectivity index (χ0v) is 30.6. The van der Waals surface area contributed by atoms with Gasteiger partial charge in [-0.05, 0) is 71.8 Å². The van der Waals surface area contributed by atoms with Gasteiger partial charge in [0.25, 0.3) is 0 Å². The average Bonchev–Trinajstić information content (AvgIpc) is 3.98. The Kier molecular flexibility index (Phi) is 6.28. The second kappa shape index (κ2) is 11.3. The number of furan rings is 1. The summed E-state index contributed by atoms with van der Waals surface area (Å²) < 4.78 is 14.3. The molecule has 248 valence electrons. The minimum Gasteiger partial charge on any atom is -0.455 e. The number of para-hydroxylation sites is 1. The van der Waals surface area contributed by atoms with Crippen molar-refractivity contribution in [2.45, 2.75) is 0 Å². The molecular formula is C48H27NOS3. The molecule has 53 heavy (non-hydrogen) atoms. The number of hydrogen-bond acceptors (Lipinski definition) is 5. The van der Waals surface area contributed by atoms with Gasteiger partial charge in [0.15, 0.2) is 0 Å². The summed E-state index contributed by atoms with van der Waals surface area (Å²) in [6.45, 7) is 0. The fourth-order valence-electron chi connectivity index (χ4n) is 8.34. The topological polar surface area (TPSA) is 16.4 Å². The summed E-state index contributed by atoms with van der Waals surface area (Å²) in [5.41, 5.74) is 7.83. The molecule has 0 aliphatic rings. The summed E-state index contributed by atoms with van der Waals surface area (Å²) >= 11 is 5.59. The van der Waals surface area contributed by atoms with E-state index in [4.69, 9.17) is 4.42 Å². The van der Waals surface area contributed by atoms with Gasteiger partial charge < -0.3 is 9.32 Å². The highest BCUT2D eigenvalue weighted by Crippen LogP contribution is 2.50. The third-order valence-corrected chi connectivity index (χ3v) is 14.2. The number of hydrogen-bond donors (Lipinski definition) is 0. The largest absolute Gasteiger partial charge is 0.455 e. The van der Waals surface area contributed by atoms with Gasteiger partial charge in [-0.3, -0.25) is 0 Å². The zero-order valence-electron chi connectivity index (χ0n) is 28.2. The highest BCUT2D eigenvalue weighted by Gasteiger charge is 2.22. The molecule has 0 atom stereocenters. The van der Waals surface area contributed by atoms with Crippen LogP contribution in [0.5, 0.6) is 0 Å². The van der Waals surface area contributed by atoms with E-state index in [0.717, 1.165) is 22.2 Å². The standard InChI is InChI=1S/C48H27NOS3/c1-4-18-39-31(10-1)34-26-27-43-45(46(34)50-39)44-30(13-9-21-42(44)51-43)28-22-24-29(25-23-28)49(37-16-7-14-35-32-11-2-5-19-40(32)52-47(35)37)38-17-8-15-36-33-12-3-6-20-41(33)53-48(36)38/h1-27H. The van der Waals surface area contributed by atoms with E-state index in [1.54, 1.807) is 0 Å². The molecule has 0 saturated heterocycles. The Hall–Kier alpha value is -5.98. The Bertz CT molecular complexity index is 3300. The lowest BCUT2D eigenvalue weighted by molar-refractivity contribution is 0.673. The second-order valence-electron chi connectivity index (χ2n) is 13.6. The van der Waals surface area contributed by atoms with Crippen LogP contribution in [0.2, 0.25) is 0 Å². The first-order chi connectivity index (χ1) is 26.3. The highest BCUT2D eigenvalue weighted by atomic mass is 32.1. The molecule has 4 aromatic heterocycles. The van der Waals surface area contributed by atoms with E-state index in [2.05, 4.69) is 163 Å². The summed E-state index contributed by atoms with van der Waals surface area (Å²) in [6, 6.07) is 59.8. The van der Waals surface area contributed by atoms with E-state index in [0.29, 0.717) is 0 Å². The smallest absolute Gasteiger partial charge is 0.144 e. The van der Waals surface area contributed by atoms with Crippen molar-refractivity contribution >= 4 is 134 Å². The SMILES string of the molecule is c1ccc2c(c1)oc1c2ccc2sc3cccc(-c4ccc(N(c5cccc6c5sc5ccccc56)c5cccc6c5sc5ccccc56)cc4)c3c21. The van der Waals surface area contributed by atoms with Crippen LogP contribution in [-0.4, -0.2) is 0 Å². The zero-order chi connectivity index (χ0) is 34.6. The summed E-state index contributed by atoms with van der Waals surface area (Å²) in [4.78, 5) is 2.48. The van der Waals surface area contributed by atoms with Gasteiger partial charge in [-0.15, -0.1) is 34.0 Å². The minimum absolute atomic E-state index is 0.929. The van der Waals surface area contributed by atoms with Gasteiger partial charge >= 0.3 is 0 Å². The molecular weight excluding hydrogens is 703 g/mol. The third kappa shape index (κ3) is 4.30. The fraction of sp³-hybridized carbons (Fsp3) is 0. The van der Waals surface area contributed by atoms with Crippen LogP contribution in [0.25, 0.3) is 93.6 Å². The maximum atomic E-state index is 6.59. The van der Waals surface area contributed by atoms with Crippen molar-refractivity contribution in [2.24, 2.45) is 0 Å². The first-order valence-corrected chi connectivity index (χ1v) is 20.2. The van der Waals surface area contributed by atoms with Crippen LogP contribution < -0.4 is 4.90 Å². The molecule has 4 heterocycles. The molecule has 0 radical (unpaired) electrons. The van der Waals surface area contributed by atoms with Crippen LogP contribution in [0.4, 0.5) is 17.1 Å². The van der Waals surface area contributed by atoms with Crippen LogP contribution >= 0.6 is 34.0 Å². The lowest BCUT2D eigenvalue weighted by atomic mass is 9.98. The Morgan fingerprint density at radius 1 is 0.377 bits per heavy atom. The van der Waals surface area contributed by atoms with Crippen LogP contribution in [0, 0.1) is 0 Å². The Morgan fingerprint density at radius 2 is 0.943 bits per heavy atom. The van der Waals surface area contributed by atoms with Gasteiger partial charge in [-0.25, -0.2) is 0 Å². The van der Waals surface area contributed by atoms with Gasteiger partial charge in [0.1, 0.15) is 11.2 Å². The molecule has 8 aromatic carbocycles. The molecule has 5 heteroatoms. The summed E-state index contributed by atoms with van der Waals surface area (Å²) in [5, 5.41) is 9.98. The first kappa shape index (κ1) is 29.6. The van der Waals surface area contributed by atoms with Gasteiger partial charge in [0.2, 0.25) is 0 Å². The second-order valence-corrected chi connectivity index (χ2v) is 16.8. The maximum Gasteiger partial charge on any atom is 0.144 e. The fourth-order valence-corrected chi connectivity index (χ4v) is 11.9. The molecule has 12 rings (SSSR count). The predicted molar refractivity (Wildman–Crippen MR) is 233 cm³/mol. The van der Waals surface area contributed by atoms with Crippen molar-refractivity contribution < 1.29 is 4.42 Å². The Morgan fingerprint density at radius 3 is 1.64 bits per heavy atom. The molecule has 12 aromatic rings. The van der Waals surface area contributed by atoms with Crippen LogP contribution in [0.3, 0.4) is 0 Å². The van der Waals surface area contributed by atoms with Crippen molar-refractivity contribution in [3.8, 4) is 11.1 Å². The number of thiophene rings is 3. The number of benzene rings is 8. The first-order valence-electron chi connectivity index (χ1n) is 17.7. The van der Waals surface area contributed by atoms with Crippen molar-refractivity contribution in [3.63, 3.8) is 0 Å². The lowest BCUT2D eigenvalue weighted by Crippen LogP contribution is -2.10. The lowest BCUT2D eigenvalue weighted by Gasteiger charge is -2.27. The van der Waals surface area contributed by atoms with Crippen molar-refractivity contribution in [1.82, 2.24) is 0 Å². The Labute approximate surface area is 316 Å². The van der Waals surface area contributed by atoms with Gasteiger partial charge in [0.05, 0.1) is 20.8 Å².